The van der Waals surface area contributed by atoms with E-state index in [4.69, 9.17) is 4.74 Å². The van der Waals surface area contributed by atoms with Crippen LogP contribution in [0.5, 0.6) is 0 Å². The van der Waals surface area contributed by atoms with E-state index in [2.05, 4.69) is 4.98 Å². The molecule has 6 nitrogen and oxygen atoms in total. The highest BCUT2D eigenvalue weighted by atomic mass is 19.3. The summed E-state index contributed by atoms with van der Waals surface area (Å²) in [6.07, 6.45) is 0.214. The summed E-state index contributed by atoms with van der Waals surface area (Å²) in [6, 6.07) is 12.9. The van der Waals surface area contributed by atoms with Crippen LogP contribution in [-0.4, -0.2) is 52.2 Å². The van der Waals surface area contributed by atoms with Crippen LogP contribution < -0.4 is 0 Å². The van der Waals surface area contributed by atoms with Crippen molar-refractivity contribution in [1.29, 1.82) is 0 Å². The molecule has 1 aromatic heterocycles. The lowest BCUT2D eigenvalue weighted by Gasteiger charge is -2.38. The van der Waals surface area contributed by atoms with Crippen LogP contribution in [-0.2, 0) is 4.74 Å². The van der Waals surface area contributed by atoms with Crippen molar-refractivity contribution < 1.29 is 27.9 Å². The van der Waals surface area contributed by atoms with E-state index in [1.807, 2.05) is 37.3 Å². The van der Waals surface area contributed by atoms with E-state index in [9.17, 15) is 23.2 Å². The molecule has 0 saturated carbocycles. The highest BCUT2D eigenvalue weighted by Crippen LogP contribution is 2.37. The number of nitrogens with zero attached hydrogens (tertiary/aromatic N) is 2. The number of carbonyl (C=O) groups excluding carboxylic acids is 3. The monoisotopic (exact) mass is 528 g/mol. The summed E-state index contributed by atoms with van der Waals surface area (Å²) >= 11 is 0. The first-order valence-corrected chi connectivity index (χ1v) is 13.3. The SMILES string of the molecule is CCC(=O)c1cc(C(=O)CCC[C@@H]2CCN(C(=O)OC(C)(C)C)CC2(F)F)cc([C@@H](C)c2ccccc2)n1. The van der Waals surface area contributed by atoms with Crippen LogP contribution in [0, 0.1) is 5.92 Å². The second kappa shape index (κ2) is 12.1. The van der Waals surface area contributed by atoms with Gasteiger partial charge in [-0.3, -0.25) is 9.59 Å². The van der Waals surface area contributed by atoms with Crippen LogP contribution >= 0.6 is 0 Å². The van der Waals surface area contributed by atoms with Gasteiger partial charge >= 0.3 is 6.09 Å². The molecule has 1 aliphatic heterocycles. The Labute approximate surface area is 223 Å². The number of ketones is 2. The van der Waals surface area contributed by atoms with Gasteiger partial charge in [0.15, 0.2) is 11.6 Å². The number of amides is 1. The number of pyridine rings is 1. The second-order valence-corrected chi connectivity index (χ2v) is 11.0. The normalized spacial score (nSPS) is 18.1. The number of rotatable bonds is 9. The first-order valence-electron chi connectivity index (χ1n) is 13.3. The Morgan fingerprint density at radius 1 is 1.13 bits per heavy atom. The van der Waals surface area contributed by atoms with Crippen molar-refractivity contribution in [3.05, 3.63) is 65.0 Å². The molecular weight excluding hydrogens is 490 g/mol. The second-order valence-electron chi connectivity index (χ2n) is 11.0. The Kier molecular flexibility index (Phi) is 9.39. The molecule has 2 heterocycles. The number of aromatic nitrogens is 1. The van der Waals surface area contributed by atoms with Gasteiger partial charge < -0.3 is 9.64 Å². The van der Waals surface area contributed by atoms with Gasteiger partial charge in [0.25, 0.3) is 5.92 Å². The summed E-state index contributed by atoms with van der Waals surface area (Å²) < 4.78 is 35.0. The zero-order chi connectivity index (χ0) is 28.1. The van der Waals surface area contributed by atoms with Gasteiger partial charge in [-0.2, -0.15) is 0 Å². The molecule has 8 heteroatoms. The highest BCUT2D eigenvalue weighted by molar-refractivity contribution is 6.00. The molecule has 2 atom stereocenters. The minimum Gasteiger partial charge on any atom is -0.444 e. The van der Waals surface area contributed by atoms with Crippen molar-refractivity contribution >= 4 is 17.7 Å². The summed E-state index contributed by atoms with van der Waals surface area (Å²) in [6.45, 7) is 8.31. The predicted molar refractivity (Wildman–Crippen MR) is 142 cm³/mol. The Balaban J connectivity index is 1.66. The molecule has 0 spiro atoms. The Morgan fingerprint density at radius 2 is 1.82 bits per heavy atom. The Bertz CT molecular complexity index is 1140. The number of hydrogen-bond acceptors (Lipinski definition) is 5. The van der Waals surface area contributed by atoms with Gasteiger partial charge in [0, 0.05) is 42.5 Å². The van der Waals surface area contributed by atoms with Gasteiger partial charge in [-0.25, -0.2) is 18.6 Å². The highest BCUT2D eigenvalue weighted by Gasteiger charge is 2.46. The van der Waals surface area contributed by atoms with Crippen LogP contribution in [0.15, 0.2) is 42.5 Å². The molecule has 1 saturated heterocycles. The van der Waals surface area contributed by atoms with E-state index in [1.54, 1.807) is 33.8 Å². The molecular formula is C30H38F2N2O4. The lowest BCUT2D eigenvalue weighted by Crippen LogP contribution is -2.51. The molecule has 0 radical (unpaired) electrons. The fourth-order valence-electron chi connectivity index (χ4n) is 4.65. The number of carbonyl (C=O) groups is 3. The molecule has 1 amide bonds. The van der Waals surface area contributed by atoms with Gasteiger partial charge in [0.1, 0.15) is 11.3 Å². The standard InChI is InChI=1S/C30H38F2N2O4/c1-6-26(35)25-18-22(17-24(33-25)20(2)21-11-8-7-9-12-21)27(36)14-10-13-23-15-16-34(19-30(23,31)32)28(37)38-29(3,4)5/h7-9,11-12,17-18,20,23H,6,10,13-16,19H2,1-5H3/t20-,23+/m0/s1. The van der Waals surface area contributed by atoms with Crippen LogP contribution in [0.3, 0.4) is 0 Å². The minimum atomic E-state index is -3.06. The molecule has 2 aromatic rings. The maximum absolute atomic E-state index is 14.9. The van der Waals surface area contributed by atoms with E-state index < -0.39 is 30.1 Å². The van der Waals surface area contributed by atoms with Crippen LogP contribution in [0.4, 0.5) is 13.6 Å². The van der Waals surface area contributed by atoms with Crippen molar-refractivity contribution in [3.63, 3.8) is 0 Å². The van der Waals surface area contributed by atoms with Crippen LogP contribution in [0.1, 0.15) is 105 Å². The van der Waals surface area contributed by atoms with Crippen molar-refractivity contribution in [2.45, 2.75) is 84.2 Å². The maximum Gasteiger partial charge on any atom is 0.410 e. The third kappa shape index (κ3) is 7.68. The lowest BCUT2D eigenvalue weighted by molar-refractivity contribution is -0.112. The van der Waals surface area contributed by atoms with Crippen LogP contribution in [0.2, 0.25) is 0 Å². The van der Waals surface area contributed by atoms with Gasteiger partial charge in [0.2, 0.25) is 0 Å². The van der Waals surface area contributed by atoms with E-state index in [0.29, 0.717) is 11.3 Å². The lowest BCUT2D eigenvalue weighted by atomic mass is 9.87. The fourth-order valence-corrected chi connectivity index (χ4v) is 4.65. The van der Waals surface area contributed by atoms with E-state index in [1.165, 1.54) is 6.07 Å². The molecule has 1 aliphatic rings. The molecule has 1 fully saturated rings. The zero-order valence-corrected chi connectivity index (χ0v) is 22.9. The minimum absolute atomic E-state index is 0.0886. The average molecular weight is 529 g/mol. The third-order valence-corrected chi connectivity index (χ3v) is 6.87. The van der Waals surface area contributed by atoms with Crippen molar-refractivity contribution in [2.24, 2.45) is 5.92 Å². The first-order chi connectivity index (χ1) is 17.8. The maximum atomic E-state index is 14.9. The predicted octanol–water partition coefficient (Wildman–Crippen LogP) is 7.07. The smallest absolute Gasteiger partial charge is 0.410 e. The summed E-state index contributed by atoms with van der Waals surface area (Å²) in [7, 11) is 0. The molecule has 0 N–H and O–H groups in total. The van der Waals surface area contributed by atoms with Crippen molar-refractivity contribution in [2.75, 3.05) is 13.1 Å². The molecule has 38 heavy (non-hydrogen) atoms. The molecule has 3 rings (SSSR count). The summed E-state index contributed by atoms with van der Waals surface area (Å²) in [5.74, 6) is -4.46. The zero-order valence-electron chi connectivity index (χ0n) is 22.9. The van der Waals surface area contributed by atoms with Gasteiger partial charge in [-0.1, -0.05) is 44.2 Å². The molecule has 0 unspecified atom stereocenters. The van der Waals surface area contributed by atoms with Gasteiger partial charge in [0.05, 0.1) is 6.54 Å². The van der Waals surface area contributed by atoms with E-state index in [0.717, 1.165) is 10.5 Å². The molecule has 206 valence electrons. The molecule has 1 aromatic carbocycles. The Hall–Kier alpha value is -3.16. The Morgan fingerprint density at radius 3 is 2.42 bits per heavy atom. The largest absolute Gasteiger partial charge is 0.444 e. The van der Waals surface area contributed by atoms with Gasteiger partial charge in [-0.05, 0) is 57.7 Å². The van der Waals surface area contributed by atoms with Crippen molar-refractivity contribution in [3.8, 4) is 0 Å². The number of likely N-dealkylation sites (tertiary alicyclic amines) is 1. The number of benzene rings is 1. The number of ether oxygens (including phenoxy) is 1. The van der Waals surface area contributed by atoms with Crippen molar-refractivity contribution in [1.82, 2.24) is 9.88 Å². The van der Waals surface area contributed by atoms with Crippen LogP contribution in [0.25, 0.3) is 0 Å². The summed E-state index contributed by atoms with van der Waals surface area (Å²) in [5.41, 5.74) is 1.51. The average Bonchev–Trinajstić information content (AvgIpc) is 2.87. The first kappa shape index (κ1) is 29.4. The molecule has 0 bridgehead atoms. The summed E-state index contributed by atoms with van der Waals surface area (Å²) in [5, 5.41) is 0. The van der Waals surface area contributed by atoms with Gasteiger partial charge in [-0.15, -0.1) is 0 Å². The topological polar surface area (TPSA) is 76.6 Å². The third-order valence-electron chi connectivity index (χ3n) is 6.87. The number of Topliss-reactive ketones (excluding diaryl/α,β-unsaturated/α-hetero) is 2. The number of hydrogen-bond donors (Lipinski definition) is 0. The summed E-state index contributed by atoms with van der Waals surface area (Å²) in [4.78, 5) is 43.4. The number of alkyl halides is 2. The fraction of sp³-hybridized carbons (Fsp3) is 0.533. The number of halogens is 2. The van der Waals surface area contributed by atoms with E-state index in [-0.39, 0.29) is 61.8 Å². The van der Waals surface area contributed by atoms with E-state index >= 15 is 0 Å². The molecule has 0 aliphatic carbocycles. The quantitative estimate of drug-likeness (QED) is 0.325. The number of piperidine rings is 1.